The third-order valence-electron chi connectivity index (χ3n) is 9.74. The number of nitrogens with one attached hydrogen (secondary N) is 2. The Morgan fingerprint density at radius 3 is 2.54 bits per heavy atom. The van der Waals surface area contributed by atoms with Crippen molar-refractivity contribution in [3.8, 4) is 16.3 Å². The molecule has 0 atom stereocenters. The van der Waals surface area contributed by atoms with Gasteiger partial charge in [0, 0.05) is 24.1 Å². The molecule has 256 valence electrons. The molecule has 4 heterocycles. The maximum atomic E-state index is 13.5. The lowest BCUT2D eigenvalue weighted by molar-refractivity contribution is 0.125. The quantitative estimate of drug-likeness (QED) is 0.164. The molecule has 2 aliphatic heterocycles. The van der Waals surface area contributed by atoms with Crippen LogP contribution in [0.4, 0.5) is 27.0 Å². The van der Waals surface area contributed by atoms with Gasteiger partial charge in [0.2, 0.25) is 0 Å². The number of carbonyl (C=O) groups is 1. The molecule has 0 aliphatic carbocycles. The third-order valence-corrected chi connectivity index (χ3v) is 12.0. The largest absolute Gasteiger partial charge is 0.506 e. The van der Waals surface area contributed by atoms with Crippen molar-refractivity contribution >= 4 is 82.9 Å². The van der Waals surface area contributed by atoms with E-state index in [9.17, 15) is 9.90 Å². The van der Waals surface area contributed by atoms with E-state index in [-0.39, 0.29) is 22.6 Å². The van der Waals surface area contributed by atoms with Gasteiger partial charge in [-0.05, 0) is 97.9 Å². The van der Waals surface area contributed by atoms with E-state index in [1.165, 1.54) is 11.3 Å². The molecule has 4 aromatic carbocycles. The van der Waals surface area contributed by atoms with Crippen molar-refractivity contribution in [3.63, 3.8) is 0 Å². The van der Waals surface area contributed by atoms with Gasteiger partial charge in [-0.2, -0.15) is 0 Å². The average Bonchev–Trinajstić information content (AvgIpc) is 3.77. The van der Waals surface area contributed by atoms with E-state index >= 15 is 0 Å². The third kappa shape index (κ3) is 6.08. The first-order valence-electron chi connectivity index (χ1n) is 16.9. The monoisotopic (exact) mass is 722 g/mol. The van der Waals surface area contributed by atoms with Gasteiger partial charge in [-0.3, -0.25) is 5.32 Å². The number of phenols is 1. The number of halogens is 1. The molecule has 1 spiro atoms. The number of aromatic hydroxyl groups is 1. The molecule has 0 unspecified atom stereocenters. The molecule has 0 radical (unpaired) electrons. The van der Waals surface area contributed by atoms with Gasteiger partial charge >= 0.3 is 6.03 Å². The Morgan fingerprint density at radius 1 is 0.960 bits per heavy atom. The minimum atomic E-state index is -0.373. The molecule has 3 N–H and O–H groups in total. The van der Waals surface area contributed by atoms with E-state index < -0.39 is 0 Å². The summed E-state index contributed by atoms with van der Waals surface area (Å²) in [6.45, 7) is 12.5. The van der Waals surface area contributed by atoms with Gasteiger partial charge < -0.3 is 20.2 Å². The van der Waals surface area contributed by atoms with Crippen LogP contribution in [0.25, 0.3) is 31.0 Å². The number of urea groups is 1. The molecule has 8 rings (SSSR count). The Labute approximate surface area is 304 Å². The highest BCUT2D eigenvalue weighted by Gasteiger charge is 2.49. The number of piperidine rings is 1. The number of aromatic nitrogens is 2. The number of phenolic OH excluding ortho intramolecular Hbond substituents is 1. The van der Waals surface area contributed by atoms with Crippen LogP contribution in [0.15, 0.2) is 72.8 Å². The molecule has 8 nitrogen and oxygen atoms in total. The maximum Gasteiger partial charge on any atom is 0.325 e. The lowest BCUT2D eigenvalue weighted by Gasteiger charge is -2.42. The fraction of sp³-hybridized carbons (Fsp3) is 0.308. The van der Waals surface area contributed by atoms with E-state index in [0.717, 1.165) is 86.0 Å². The number of thiazole rings is 2. The summed E-state index contributed by atoms with van der Waals surface area (Å²) in [6, 6.07) is 23.2. The van der Waals surface area contributed by atoms with Crippen LogP contribution >= 0.6 is 34.3 Å². The second-order valence-electron chi connectivity index (χ2n) is 14.8. The van der Waals surface area contributed by atoms with Gasteiger partial charge in [-0.1, -0.05) is 68.0 Å². The highest BCUT2D eigenvalue weighted by atomic mass is 35.5. The number of carbonyl (C=O) groups excluding carboxylic acids is 1. The van der Waals surface area contributed by atoms with Gasteiger partial charge in [0.05, 0.1) is 37.0 Å². The van der Waals surface area contributed by atoms with Gasteiger partial charge in [0.25, 0.3) is 0 Å². The Hall–Kier alpha value is -4.22. The molecule has 1 fully saturated rings. The van der Waals surface area contributed by atoms with Crippen molar-refractivity contribution in [3.05, 3.63) is 88.9 Å². The molecular formula is C39H39ClN6O2S2. The number of nitrogens with zero attached hydrogens (tertiary/aromatic N) is 4. The van der Waals surface area contributed by atoms with Crippen LogP contribution in [0.3, 0.4) is 0 Å². The summed E-state index contributed by atoms with van der Waals surface area (Å²) in [5.74, 6) is 0.209. The predicted octanol–water partition coefficient (Wildman–Crippen LogP) is 10.4. The van der Waals surface area contributed by atoms with E-state index in [2.05, 4.69) is 58.3 Å². The van der Waals surface area contributed by atoms with Crippen LogP contribution in [-0.4, -0.2) is 52.2 Å². The summed E-state index contributed by atoms with van der Waals surface area (Å²) in [5.41, 5.74) is 7.13. The molecule has 2 aromatic heterocycles. The van der Waals surface area contributed by atoms with Crippen molar-refractivity contribution in [1.29, 1.82) is 0 Å². The lowest BCUT2D eigenvalue weighted by Crippen LogP contribution is -2.47. The first-order chi connectivity index (χ1) is 24.0. The van der Waals surface area contributed by atoms with Gasteiger partial charge in [0.1, 0.15) is 16.3 Å². The van der Waals surface area contributed by atoms with Crippen molar-refractivity contribution in [2.45, 2.75) is 46.0 Å². The fourth-order valence-corrected chi connectivity index (χ4v) is 9.89. The Balaban J connectivity index is 1.18. The molecule has 1 saturated heterocycles. The smallest absolute Gasteiger partial charge is 0.325 e. The second-order valence-corrected chi connectivity index (χ2v) is 17.2. The first-order valence-corrected chi connectivity index (χ1v) is 18.9. The van der Waals surface area contributed by atoms with Crippen LogP contribution in [-0.2, 0) is 5.41 Å². The van der Waals surface area contributed by atoms with Crippen molar-refractivity contribution < 1.29 is 9.90 Å². The minimum absolute atomic E-state index is 0.198. The zero-order valence-electron chi connectivity index (χ0n) is 28.5. The van der Waals surface area contributed by atoms with Gasteiger partial charge in [0.15, 0.2) is 5.13 Å². The Kier molecular flexibility index (Phi) is 8.26. The summed E-state index contributed by atoms with van der Waals surface area (Å²) < 4.78 is 2.05. The predicted molar refractivity (Wildman–Crippen MR) is 209 cm³/mol. The minimum Gasteiger partial charge on any atom is -0.506 e. The number of anilines is 4. The van der Waals surface area contributed by atoms with Crippen LogP contribution in [0.2, 0.25) is 5.02 Å². The zero-order chi connectivity index (χ0) is 34.8. The SMILES string of the molecule is Cc1ccc2nc(NC(=O)Nc3ccccc3N3CC4(CCN(CC(C)(C)C)CC4)c4c(-c5nc6c(Cl)cccc6s5)ccc(O)c43)sc2c1. The molecule has 11 heteroatoms. The number of benzene rings is 4. The highest BCUT2D eigenvalue weighted by Crippen LogP contribution is 2.57. The molecule has 2 aliphatic rings. The average molecular weight is 723 g/mol. The zero-order valence-corrected chi connectivity index (χ0v) is 30.9. The molecular weight excluding hydrogens is 684 g/mol. The molecule has 50 heavy (non-hydrogen) atoms. The molecule has 2 amide bonds. The number of likely N-dealkylation sites (tertiary alicyclic amines) is 1. The molecule has 0 bridgehead atoms. The molecule has 0 saturated carbocycles. The number of hydrogen-bond acceptors (Lipinski definition) is 8. The van der Waals surface area contributed by atoms with Crippen LogP contribution in [0.1, 0.15) is 44.7 Å². The maximum absolute atomic E-state index is 13.5. The second kappa shape index (κ2) is 12.5. The van der Waals surface area contributed by atoms with Crippen molar-refractivity contribution in [2.24, 2.45) is 5.41 Å². The number of amides is 2. The van der Waals surface area contributed by atoms with Crippen molar-refractivity contribution in [2.75, 3.05) is 41.7 Å². The number of para-hydroxylation sites is 3. The summed E-state index contributed by atoms with van der Waals surface area (Å²) in [4.78, 5) is 27.9. The van der Waals surface area contributed by atoms with Crippen molar-refractivity contribution in [1.82, 2.24) is 14.9 Å². The van der Waals surface area contributed by atoms with Gasteiger partial charge in [-0.15, -0.1) is 11.3 Å². The van der Waals surface area contributed by atoms with Crippen LogP contribution in [0.5, 0.6) is 5.75 Å². The summed E-state index contributed by atoms with van der Waals surface area (Å²) >= 11 is 9.67. The standard InChI is InChI=1S/C39H39ClN6O2S2/c1-23-12-14-27-31(20-23)50-37(42-27)44-36(48)41-26-9-5-6-10-28(26)46-22-39(16-18-45(19-17-39)21-38(2,3)4)32-24(13-15-29(47)34(32)46)35-43-33-25(40)8-7-11-30(33)49-35/h5-15,20,47H,16-19,21-22H2,1-4H3,(H2,41,42,44,48). The highest BCUT2D eigenvalue weighted by molar-refractivity contribution is 7.22. The normalized spacial score (nSPS) is 16.0. The number of rotatable bonds is 5. The Morgan fingerprint density at radius 2 is 1.76 bits per heavy atom. The van der Waals surface area contributed by atoms with Crippen LogP contribution < -0.4 is 15.5 Å². The van der Waals surface area contributed by atoms with Gasteiger partial charge in [-0.25, -0.2) is 14.8 Å². The number of aryl methyl sites for hydroxylation is 1. The van der Waals surface area contributed by atoms with E-state index in [1.54, 1.807) is 17.4 Å². The summed E-state index contributed by atoms with van der Waals surface area (Å²) in [6.07, 6.45) is 1.86. The van der Waals surface area contributed by atoms with E-state index in [0.29, 0.717) is 22.4 Å². The summed E-state index contributed by atoms with van der Waals surface area (Å²) in [5, 5.41) is 19.8. The first kappa shape index (κ1) is 33.0. The number of fused-ring (bicyclic) bond motifs is 4. The fourth-order valence-electron chi connectivity index (χ4n) is 7.63. The summed E-state index contributed by atoms with van der Waals surface area (Å²) in [7, 11) is 0. The lowest BCUT2D eigenvalue weighted by atomic mass is 9.72. The number of hydrogen-bond donors (Lipinski definition) is 3. The molecule has 6 aromatic rings. The van der Waals surface area contributed by atoms with Crippen LogP contribution in [0, 0.1) is 12.3 Å². The topological polar surface area (TPSA) is 93.6 Å². The van der Waals surface area contributed by atoms with E-state index in [4.69, 9.17) is 16.6 Å². The Bertz CT molecular complexity index is 2270. The van der Waals surface area contributed by atoms with E-state index in [1.807, 2.05) is 61.5 Å².